The molecule has 0 saturated carbocycles. The van der Waals surface area contributed by atoms with Gasteiger partial charge in [-0.15, -0.1) is 0 Å². The normalized spacial score (nSPS) is 11.5. The smallest absolute Gasteiger partial charge is 0.00201 e. The summed E-state index contributed by atoms with van der Waals surface area (Å²) in [7, 11) is 0. The first-order chi connectivity index (χ1) is 25.8. The molecule has 0 heteroatoms. The van der Waals surface area contributed by atoms with Crippen LogP contribution in [0.4, 0.5) is 0 Å². The van der Waals surface area contributed by atoms with Crippen LogP contribution in [-0.4, -0.2) is 0 Å². The number of rotatable bonds is 6. The lowest BCUT2D eigenvalue weighted by Gasteiger charge is -2.15. The van der Waals surface area contributed by atoms with Gasteiger partial charge in [0.15, 0.2) is 0 Å². The Morgan fingerprint density at radius 2 is 0.558 bits per heavy atom. The Hall–Kier alpha value is -6.76. The van der Waals surface area contributed by atoms with Gasteiger partial charge in [-0.25, -0.2) is 0 Å². The summed E-state index contributed by atoms with van der Waals surface area (Å²) in [6, 6.07) is 75.4. The molecular formula is C52H34. The van der Waals surface area contributed by atoms with Gasteiger partial charge in [-0.3, -0.25) is 0 Å². The molecule has 0 unspecified atom stereocenters. The molecule has 0 saturated heterocycles. The summed E-state index contributed by atoms with van der Waals surface area (Å²) >= 11 is 0. The Labute approximate surface area is 305 Å². The van der Waals surface area contributed by atoms with E-state index in [-0.39, 0.29) is 0 Å². The summed E-state index contributed by atoms with van der Waals surface area (Å²) in [6.07, 6.45) is 0. The van der Waals surface area contributed by atoms with Crippen LogP contribution in [0.2, 0.25) is 0 Å². The lowest BCUT2D eigenvalue weighted by molar-refractivity contribution is 1.57. The Kier molecular flexibility index (Phi) is 7.25. The van der Waals surface area contributed by atoms with Crippen molar-refractivity contribution in [2.24, 2.45) is 0 Å². The second kappa shape index (κ2) is 12.5. The second-order valence-corrected chi connectivity index (χ2v) is 13.7. The van der Waals surface area contributed by atoms with Crippen molar-refractivity contribution in [3.05, 3.63) is 206 Å². The molecule has 1 aliphatic carbocycles. The van der Waals surface area contributed by atoms with Gasteiger partial charge in [0, 0.05) is 0 Å². The van der Waals surface area contributed by atoms with Gasteiger partial charge < -0.3 is 0 Å². The first-order valence-corrected chi connectivity index (χ1v) is 18.0. The molecule has 0 bridgehead atoms. The van der Waals surface area contributed by atoms with E-state index in [0.717, 1.165) is 0 Å². The predicted octanol–water partition coefficient (Wildman–Crippen LogP) is 14.5. The van der Waals surface area contributed by atoms with Crippen molar-refractivity contribution in [1.82, 2.24) is 0 Å². The van der Waals surface area contributed by atoms with E-state index in [1.807, 2.05) is 0 Å². The highest BCUT2D eigenvalue weighted by Gasteiger charge is 2.25. The number of hydrogen-bond acceptors (Lipinski definition) is 0. The average Bonchev–Trinajstić information content (AvgIpc) is 3.55. The summed E-state index contributed by atoms with van der Waals surface area (Å²) in [5.74, 6) is 0. The molecule has 0 aromatic heterocycles. The van der Waals surface area contributed by atoms with Crippen molar-refractivity contribution in [2.45, 2.75) is 0 Å². The van der Waals surface area contributed by atoms with Crippen molar-refractivity contribution in [3.63, 3.8) is 0 Å². The molecule has 0 fully saturated rings. The van der Waals surface area contributed by atoms with Gasteiger partial charge in [-0.2, -0.15) is 0 Å². The Bertz CT molecular complexity index is 2670. The zero-order valence-corrected chi connectivity index (χ0v) is 28.6. The zero-order chi connectivity index (χ0) is 34.4. The van der Waals surface area contributed by atoms with Crippen LogP contribution in [0.25, 0.3) is 99.8 Å². The van der Waals surface area contributed by atoms with E-state index in [4.69, 9.17) is 0 Å². The maximum absolute atomic E-state index is 2.44. The van der Waals surface area contributed by atoms with E-state index in [0.29, 0.717) is 0 Å². The Balaban J connectivity index is 1.16. The molecule has 0 heterocycles. The highest BCUT2D eigenvalue weighted by molar-refractivity contribution is 6.20. The van der Waals surface area contributed by atoms with E-state index in [1.54, 1.807) is 0 Å². The number of fused-ring (bicyclic) bond motifs is 3. The van der Waals surface area contributed by atoms with E-state index in [9.17, 15) is 0 Å². The van der Waals surface area contributed by atoms with Crippen molar-refractivity contribution < 1.29 is 0 Å². The molecule has 9 aromatic carbocycles. The molecule has 0 amide bonds. The van der Waals surface area contributed by atoms with Crippen LogP contribution in [0.5, 0.6) is 0 Å². The third-order valence-corrected chi connectivity index (χ3v) is 10.6. The van der Waals surface area contributed by atoms with E-state index < -0.39 is 0 Å². The molecule has 9 aromatic rings. The predicted molar refractivity (Wildman–Crippen MR) is 221 cm³/mol. The quantitative estimate of drug-likeness (QED) is 0.167. The van der Waals surface area contributed by atoms with Gasteiger partial charge in [0.2, 0.25) is 0 Å². The van der Waals surface area contributed by atoms with E-state index in [2.05, 4.69) is 206 Å². The maximum atomic E-state index is 2.44. The van der Waals surface area contributed by atoms with Crippen molar-refractivity contribution in [3.8, 4) is 89.0 Å². The molecule has 1 aliphatic rings. The van der Waals surface area contributed by atoms with Crippen LogP contribution in [-0.2, 0) is 0 Å². The van der Waals surface area contributed by atoms with Gasteiger partial charge in [0.05, 0.1) is 0 Å². The van der Waals surface area contributed by atoms with Gasteiger partial charge in [-0.1, -0.05) is 176 Å². The highest BCUT2D eigenvalue weighted by Crippen LogP contribution is 2.52. The standard InChI is InChI=1S/C52H34/c1-5-14-35(15-6-1)38-24-26-40(27-25-38)49-34-51-47-29-28-44(45-22-13-23-46(52(45)47)50(51)33-48(49)39-20-11-4-12-21-39)43-31-41(36-16-7-2-8-17-36)30-42(32-43)37-18-9-3-10-19-37/h1-34H. The second-order valence-electron chi connectivity index (χ2n) is 13.7. The summed E-state index contributed by atoms with van der Waals surface area (Å²) in [5, 5.41) is 2.61. The summed E-state index contributed by atoms with van der Waals surface area (Å²) < 4.78 is 0. The van der Waals surface area contributed by atoms with Gasteiger partial charge in [0.1, 0.15) is 0 Å². The summed E-state index contributed by atoms with van der Waals surface area (Å²) in [4.78, 5) is 0. The molecule has 0 N–H and O–H groups in total. The molecule has 0 nitrogen and oxygen atoms in total. The maximum Gasteiger partial charge on any atom is -0.00201 e. The van der Waals surface area contributed by atoms with Crippen LogP contribution in [0.15, 0.2) is 206 Å². The molecule has 0 atom stereocenters. The SMILES string of the molecule is c1ccc(-c2ccc(-c3cc4c(cc3-c3ccccc3)-c3cccc5c(-c6cc(-c7ccccc7)cc(-c7ccccc7)c6)ccc-4c35)cc2)cc1. The largest absolute Gasteiger partial charge is 0.0622 e. The molecule has 0 spiro atoms. The number of benzene rings is 9. The average molecular weight is 659 g/mol. The van der Waals surface area contributed by atoms with Crippen molar-refractivity contribution >= 4 is 10.8 Å². The fourth-order valence-electron chi connectivity index (χ4n) is 8.10. The topological polar surface area (TPSA) is 0 Å². The first-order valence-electron chi connectivity index (χ1n) is 18.0. The molecule has 0 radical (unpaired) electrons. The van der Waals surface area contributed by atoms with Crippen LogP contribution >= 0.6 is 0 Å². The molecule has 52 heavy (non-hydrogen) atoms. The zero-order valence-electron chi connectivity index (χ0n) is 28.6. The minimum atomic E-state index is 1.22. The monoisotopic (exact) mass is 658 g/mol. The minimum absolute atomic E-state index is 1.22. The third kappa shape index (κ3) is 5.16. The fourth-order valence-corrected chi connectivity index (χ4v) is 8.10. The van der Waals surface area contributed by atoms with Gasteiger partial charge in [0.25, 0.3) is 0 Å². The number of hydrogen-bond donors (Lipinski definition) is 0. The highest BCUT2D eigenvalue weighted by atomic mass is 14.3. The molecule has 242 valence electrons. The van der Waals surface area contributed by atoms with Crippen LogP contribution in [0.1, 0.15) is 0 Å². The summed E-state index contributed by atoms with van der Waals surface area (Å²) in [5.41, 5.74) is 19.9. The van der Waals surface area contributed by atoms with Crippen LogP contribution in [0.3, 0.4) is 0 Å². The fraction of sp³-hybridized carbons (Fsp3) is 0. The lowest BCUT2D eigenvalue weighted by Crippen LogP contribution is -1.89. The summed E-state index contributed by atoms with van der Waals surface area (Å²) in [6.45, 7) is 0. The molecule has 0 aliphatic heterocycles. The van der Waals surface area contributed by atoms with E-state index >= 15 is 0 Å². The first kappa shape index (κ1) is 30.1. The lowest BCUT2D eigenvalue weighted by atomic mass is 9.88. The Morgan fingerprint density at radius 1 is 0.173 bits per heavy atom. The minimum Gasteiger partial charge on any atom is -0.0622 e. The van der Waals surface area contributed by atoms with E-state index in [1.165, 1.54) is 99.8 Å². The van der Waals surface area contributed by atoms with Crippen molar-refractivity contribution in [2.75, 3.05) is 0 Å². The third-order valence-electron chi connectivity index (χ3n) is 10.6. The molecular weight excluding hydrogens is 625 g/mol. The Morgan fingerprint density at radius 3 is 1.10 bits per heavy atom. The van der Waals surface area contributed by atoms with Crippen molar-refractivity contribution in [1.29, 1.82) is 0 Å². The van der Waals surface area contributed by atoms with Gasteiger partial charge in [-0.05, 0) is 130 Å². The molecule has 10 rings (SSSR count). The van der Waals surface area contributed by atoms with Gasteiger partial charge >= 0.3 is 0 Å². The van der Waals surface area contributed by atoms with Crippen LogP contribution < -0.4 is 0 Å². The van der Waals surface area contributed by atoms with Crippen LogP contribution in [0, 0.1) is 0 Å².